The first-order valence-electron chi connectivity index (χ1n) is 7.13. The van der Waals surface area contributed by atoms with Gasteiger partial charge in [0.15, 0.2) is 0 Å². The number of halogens is 2. The highest BCUT2D eigenvalue weighted by Gasteiger charge is 2.43. The van der Waals surface area contributed by atoms with Gasteiger partial charge >= 0.3 is 0 Å². The lowest BCUT2D eigenvalue weighted by molar-refractivity contribution is -0.107. The van der Waals surface area contributed by atoms with Gasteiger partial charge in [-0.3, -0.25) is 0 Å². The Morgan fingerprint density at radius 3 is 2.80 bits per heavy atom. The van der Waals surface area contributed by atoms with E-state index >= 15 is 0 Å². The van der Waals surface area contributed by atoms with E-state index < -0.39 is 0 Å². The van der Waals surface area contributed by atoms with E-state index in [4.69, 9.17) is 32.7 Å². The molecule has 0 aliphatic heterocycles. The minimum Gasteiger partial charge on any atom is -0.486 e. The Labute approximate surface area is 130 Å². The summed E-state index contributed by atoms with van der Waals surface area (Å²) in [6.07, 6.45) is 2.02. The van der Waals surface area contributed by atoms with Gasteiger partial charge in [-0.15, -0.1) is 0 Å². The van der Waals surface area contributed by atoms with Gasteiger partial charge in [0, 0.05) is 19.1 Å². The number of nitrogens with one attached hydrogen (secondary N) is 1. The minimum absolute atomic E-state index is 0.0292. The molecule has 20 heavy (non-hydrogen) atoms. The molecule has 112 valence electrons. The lowest BCUT2D eigenvalue weighted by Gasteiger charge is -2.44. The highest BCUT2D eigenvalue weighted by molar-refractivity contribution is 6.42. The SMILES string of the molecule is CCCOC1C(NCC)CC1Oc1cccc(Cl)c1Cl. The number of likely N-dealkylation sites (N-methyl/N-ethyl adjacent to an activating group) is 1. The van der Waals surface area contributed by atoms with Crippen molar-refractivity contribution in [3.63, 3.8) is 0 Å². The Morgan fingerprint density at radius 1 is 1.30 bits per heavy atom. The van der Waals surface area contributed by atoms with E-state index in [1.54, 1.807) is 6.07 Å². The summed E-state index contributed by atoms with van der Waals surface area (Å²) in [6, 6.07) is 5.79. The molecule has 0 spiro atoms. The summed E-state index contributed by atoms with van der Waals surface area (Å²) >= 11 is 12.2. The molecule has 2 rings (SSSR count). The second kappa shape index (κ2) is 7.51. The van der Waals surface area contributed by atoms with E-state index in [-0.39, 0.29) is 12.2 Å². The maximum Gasteiger partial charge on any atom is 0.139 e. The maximum atomic E-state index is 6.15. The fourth-order valence-corrected chi connectivity index (χ4v) is 2.71. The second-order valence-electron chi connectivity index (χ2n) is 4.94. The van der Waals surface area contributed by atoms with Crippen molar-refractivity contribution in [1.82, 2.24) is 5.32 Å². The van der Waals surface area contributed by atoms with Crippen molar-refractivity contribution in [1.29, 1.82) is 0 Å². The molecule has 0 amide bonds. The van der Waals surface area contributed by atoms with Crippen LogP contribution >= 0.6 is 23.2 Å². The van der Waals surface area contributed by atoms with Gasteiger partial charge in [0.1, 0.15) is 23.0 Å². The van der Waals surface area contributed by atoms with Crippen molar-refractivity contribution in [2.45, 2.75) is 44.9 Å². The monoisotopic (exact) mass is 317 g/mol. The summed E-state index contributed by atoms with van der Waals surface area (Å²) in [7, 11) is 0. The topological polar surface area (TPSA) is 30.5 Å². The fraction of sp³-hybridized carbons (Fsp3) is 0.600. The van der Waals surface area contributed by atoms with Crippen LogP contribution in [0.5, 0.6) is 5.75 Å². The zero-order valence-corrected chi connectivity index (χ0v) is 13.4. The molecule has 1 aliphatic rings. The number of benzene rings is 1. The van der Waals surface area contributed by atoms with Crippen LogP contribution in [0.4, 0.5) is 0 Å². The predicted molar refractivity (Wildman–Crippen MR) is 83.0 cm³/mol. The van der Waals surface area contributed by atoms with Crippen LogP contribution < -0.4 is 10.1 Å². The van der Waals surface area contributed by atoms with Crippen LogP contribution in [0.3, 0.4) is 0 Å². The molecule has 5 heteroatoms. The molecule has 0 heterocycles. The molecule has 1 saturated carbocycles. The molecule has 1 aromatic rings. The fourth-order valence-electron chi connectivity index (χ4n) is 2.37. The summed E-state index contributed by atoms with van der Waals surface area (Å²) in [5, 5.41) is 4.40. The highest BCUT2D eigenvalue weighted by Crippen LogP contribution is 2.36. The van der Waals surface area contributed by atoms with Crippen molar-refractivity contribution in [2.24, 2.45) is 0 Å². The highest BCUT2D eigenvalue weighted by atomic mass is 35.5. The number of hydrogen-bond donors (Lipinski definition) is 1. The quantitative estimate of drug-likeness (QED) is 0.826. The molecular formula is C15H21Cl2NO2. The molecule has 0 bridgehead atoms. The molecule has 3 nitrogen and oxygen atoms in total. The third-order valence-electron chi connectivity index (χ3n) is 3.42. The van der Waals surface area contributed by atoms with E-state index in [9.17, 15) is 0 Å². The normalized spacial score (nSPS) is 25.3. The Kier molecular flexibility index (Phi) is 5.97. The summed E-state index contributed by atoms with van der Waals surface area (Å²) in [4.78, 5) is 0. The third kappa shape index (κ3) is 3.59. The minimum atomic E-state index is 0.0292. The molecule has 1 aromatic carbocycles. The van der Waals surface area contributed by atoms with E-state index in [1.807, 2.05) is 12.1 Å². The molecule has 0 aromatic heterocycles. The molecule has 0 saturated heterocycles. The van der Waals surface area contributed by atoms with Crippen molar-refractivity contribution < 1.29 is 9.47 Å². The summed E-state index contributed by atoms with van der Waals surface area (Å²) in [6.45, 7) is 5.88. The Morgan fingerprint density at radius 2 is 2.10 bits per heavy atom. The smallest absolute Gasteiger partial charge is 0.139 e. The van der Waals surface area contributed by atoms with E-state index in [1.165, 1.54) is 0 Å². The molecule has 1 aliphatic carbocycles. The largest absolute Gasteiger partial charge is 0.486 e. The first-order chi connectivity index (χ1) is 9.67. The van der Waals surface area contributed by atoms with E-state index in [0.717, 1.165) is 26.0 Å². The van der Waals surface area contributed by atoms with Crippen molar-refractivity contribution in [2.75, 3.05) is 13.2 Å². The van der Waals surface area contributed by atoms with Crippen molar-refractivity contribution >= 4 is 23.2 Å². The molecule has 1 N–H and O–H groups in total. The van der Waals surface area contributed by atoms with Gasteiger partial charge in [-0.1, -0.05) is 43.1 Å². The average Bonchev–Trinajstić information content (AvgIpc) is 2.42. The number of ether oxygens (including phenoxy) is 2. The predicted octanol–water partition coefficient (Wildman–Crippen LogP) is 3.92. The van der Waals surface area contributed by atoms with E-state index in [0.29, 0.717) is 21.8 Å². The van der Waals surface area contributed by atoms with Gasteiger partial charge in [0.2, 0.25) is 0 Å². The molecular weight excluding hydrogens is 297 g/mol. The van der Waals surface area contributed by atoms with E-state index in [2.05, 4.69) is 19.2 Å². The number of hydrogen-bond acceptors (Lipinski definition) is 3. The lowest BCUT2D eigenvalue weighted by atomic mass is 9.85. The molecule has 0 radical (unpaired) electrons. The van der Waals surface area contributed by atoms with Crippen LogP contribution in [-0.2, 0) is 4.74 Å². The third-order valence-corrected chi connectivity index (χ3v) is 4.23. The Bertz CT molecular complexity index is 442. The average molecular weight is 318 g/mol. The zero-order chi connectivity index (χ0) is 14.5. The second-order valence-corrected chi connectivity index (χ2v) is 5.73. The molecule has 3 atom stereocenters. The van der Waals surface area contributed by atoms with Crippen LogP contribution in [0.25, 0.3) is 0 Å². The zero-order valence-electron chi connectivity index (χ0n) is 11.9. The van der Waals surface area contributed by atoms with Gasteiger partial charge < -0.3 is 14.8 Å². The summed E-state index contributed by atoms with van der Waals surface area (Å²) in [5.41, 5.74) is 0. The van der Waals surface area contributed by atoms with Crippen molar-refractivity contribution in [3.8, 4) is 5.75 Å². The first-order valence-corrected chi connectivity index (χ1v) is 7.88. The molecule has 3 unspecified atom stereocenters. The van der Waals surface area contributed by atoms with Crippen LogP contribution in [-0.4, -0.2) is 31.4 Å². The van der Waals surface area contributed by atoms with Crippen LogP contribution in [0, 0.1) is 0 Å². The standard InChI is InChI=1S/C15H21Cl2NO2/c1-3-8-19-15-11(18-4-2)9-13(15)20-12-7-5-6-10(16)14(12)17/h5-7,11,13,15,18H,3-4,8-9H2,1-2H3. The van der Waals surface area contributed by atoms with Crippen LogP contribution in [0.15, 0.2) is 18.2 Å². The van der Waals surface area contributed by atoms with Gasteiger partial charge in [-0.05, 0) is 25.1 Å². The number of rotatable bonds is 7. The van der Waals surface area contributed by atoms with Crippen LogP contribution in [0.1, 0.15) is 26.7 Å². The lowest BCUT2D eigenvalue weighted by Crippen LogP contribution is -2.61. The van der Waals surface area contributed by atoms with Crippen LogP contribution in [0.2, 0.25) is 10.0 Å². The Hall–Kier alpha value is -0.480. The summed E-state index contributed by atoms with van der Waals surface area (Å²) in [5.74, 6) is 0.629. The van der Waals surface area contributed by atoms with Gasteiger partial charge in [0.05, 0.1) is 5.02 Å². The first kappa shape index (κ1) is 15.9. The summed E-state index contributed by atoms with van der Waals surface area (Å²) < 4.78 is 11.9. The van der Waals surface area contributed by atoms with Gasteiger partial charge in [-0.2, -0.15) is 0 Å². The Balaban J connectivity index is 1.99. The van der Waals surface area contributed by atoms with Gasteiger partial charge in [-0.25, -0.2) is 0 Å². The molecule has 1 fully saturated rings. The maximum absolute atomic E-state index is 6.15. The van der Waals surface area contributed by atoms with Crippen molar-refractivity contribution in [3.05, 3.63) is 28.2 Å². The van der Waals surface area contributed by atoms with Gasteiger partial charge in [0.25, 0.3) is 0 Å².